The lowest BCUT2D eigenvalue weighted by molar-refractivity contribution is 1.09. The molecule has 0 aliphatic rings. The van der Waals surface area contributed by atoms with E-state index in [0.29, 0.717) is 20.8 Å². The van der Waals surface area contributed by atoms with Gasteiger partial charge in [0.15, 0.2) is 5.82 Å². The monoisotopic (exact) mass is 389 g/mol. The van der Waals surface area contributed by atoms with E-state index in [2.05, 4.69) is 15.0 Å². The zero-order chi connectivity index (χ0) is 14.8. The molecule has 0 bridgehead atoms. The van der Waals surface area contributed by atoms with Gasteiger partial charge in [0, 0.05) is 11.8 Å². The van der Waals surface area contributed by atoms with Crippen molar-refractivity contribution in [2.45, 2.75) is 6.92 Å². The number of H-pyrrole nitrogens is 1. The van der Waals surface area contributed by atoms with E-state index in [1.807, 2.05) is 72.0 Å². The molecular weight excluding hydrogens is 377 g/mol. The molecule has 1 aromatic carbocycles. The van der Waals surface area contributed by atoms with Gasteiger partial charge in [0.05, 0.1) is 5.69 Å². The normalized spacial score (nSPS) is 10.6. The fraction of sp³-hybridized carbons (Fsp3) is 0.0625. The number of nitrogens with one attached hydrogen (secondary N) is 1. The molecule has 0 unspecified atom stereocenters. The number of aromatic nitrogens is 3. The fourth-order valence-corrected chi connectivity index (χ4v) is 2.54. The Morgan fingerprint density at radius 3 is 2.52 bits per heavy atom. The molecule has 0 atom stereocenters. The number of pyridine rings is 1. The van der Waals surface area contributed by atoms with Gasteiger partial charge in [-0.25, -0.2) is 4.98 Å². The second kappa shape index (κ2) is 5.77. The summed E-state index contributed by atoms with van der Waals surface area (Å²) in [7, 11) is 0. The quantitative estimate of drug-likeness (QED) is 0.684. The van der Waals surface area contributed by atoms with Crippen molar-refractivity contribution in [2.24, 2.45) is 0 Å². The smallest absolute Gasteiger partial charge is 0.265 e. The van der Waals surface area contributed by atoms with Crippen molar-refractivity contribution < 1.29 is 0 Å². The Morgan fingerprint density at radius 2 is 1.86 bits per heavy atom. The second-order valence-corrected chi connectivity index (χ2v) is 5.74. The summed E-state index contributed by atoms with van der Waals surface area (Å²) in [4.78, 5) is 23.8. The van der Waals surface area contributed by atoms with Crippen molar-refractivity contribution >= 4 is 22.6 Å². The van der Waals surface area contributed by atoms with Crippen molar-refractivity contribution in [3.05, 3.63) is 68.1 Å². The molecule has 21 heavy (non-hydrogen) atoms. The standard InChI is InChI=1S/C16H12IN3O/c1-10-7-8-12(18-9-10)15-19-14(13(17)16(21)20-15)11-5-3-2-4-6-11/h2-9H,1H3,(H,19,20,21). The number of rotatable bonds is 2. The molecule has 3 rings (SSSR count). The Morgan fingerprint density at radius 1 is 1.10 bits per heavy atom. The Labute approximate surface area is 135 Å². The molecular formula is C16H12IN3O. The van der Waals surface area contributed by atoms with Crippen molar-refractivity contribution in [3.8, 4) is 22.8 Å². The third-order valence-corrected chi connectivity index (χ3v) is 4.06. The second-order valence-electron chi connectivity index (χ2n) is 4.66. The van der Waals surface area contributed by atoms with E-state index in [-0.39, 0.29) is 5.56 Å². The van der Waals surface area contributed by atoms with Crippen LogP contribution >= 0.6 is 22.6 Å². The van der Waals surface area contributed by atoms with Gasteiger partial charge in [-0.2, -0.15) is 0 Å². The molecule has 104 valence electrons. The Balaban J connectivity index is 2.19. The van der Waals surface area contributed by atoms with Crippen LogP contribution in [0.1, 0.15) is 5.56 Å². The molecule has 5 heteroatoms. The lowest BCUT2D eigenvalue weighted by Crippen LogP contribution is -2.14. The lowest BCUT2D eigenvalue weighted by Gasteiger charge is -2.06. The van der Waals surface area contributed by atoms with Crippen molar-refractivity contribution in [1.29, 1.82) is 0 Å². The molecule has 4 nitrogen and oxygen atoms in total. The first-order valence-electron chi connectivity index (χ1n) is 6.43. The van der Waals surface area contributed by atoms with Gasteiger partial charge in [0.1, 0.15) is 9.26 Å². The van der Waals surface area contributed by atoms with Crippen LogP contribution in [0, 0.1) is 10.5 Å². The van der Waals surface area contributed by atoms with Crippen LogP contribution in [0.2, 0.25) is 0 Å². The minimum absolute atomic E-state index is 0.151. The van der Waals surface area contributed by atoms with E-state index in [1.165, 1.54) is 0 Å². The van der Waals surface area contributed by atoms with E-state index in [4.69, 9.17) is 0 Å². The highest BCUT2D eigenvalue weighted by molar-refractivity contribution is 14.1. The highest BCUT2D eigenvalue weighted by atomic mass is 127. The molecule has 0 saturated heterocycles. The minimum Gasteiger partial charge on any atom is -0.304 e. The maximum Gasteiger partial charge on any atom is 0.265 e. The van der Waals surface area contributed by atoms with Gasteiger partial charge in [0.25, 0.3) is 5.56 Å². The SMILES string of the molecule is Cc1ccc(-c2nc(-c3ccccc3)c(I)c(=O)[nH]2)nc1. The first-order valence-corrected chi connectivity index (χ1v) is 7.51. The van der Waals surface area contributed by atoms with Gasteiger partial charge in [-0.3, -0.25) is 9.78 Å². The van der Waals surface area contributed by atoms with Crippen molar-refractivity contribution in [1.82, 2.24) is 15.0 Å². The third kappa shape index (κ3) is 2.87. The molecule has 0 radical (unpaired) electrons. The molecule has 0 spiro atoms. The van der Waals surface area contributed by atoms with E-state index >= 15 is 0 Å². The number of hydrogen-bond donors (Lipinski definition) is 1. The van der Waals surface area contributed by atoms with Crippen LogP contribution in [0.25, 0.3) is 22.8 Å². The maximum atomic E-state index is 12.1. The summed E-state index contributed by atoms with van der Waals surface area (Å²) in [6.45, 7) is 1.97. The number of aryl methyl sites for hydroxylation is 1. The van der Waals surface area contributed by atoms with E-state index < -0.39 is 0 Å². The summed E-state index contributed by atoms with van der Waals surface area (Å²) in [5.74, 6) is 0.485. The average molecular weight is 389 g/mol. The highest BCUT2D eigenvalue weighted by Crippen LogP contribution is 2.22. The molecule has 1 N–H and O–H groups in total. The molecule has 2 aromatic heterocycles. The Bertz CT molecular complexity index is 826. The topological polar surface area (TPSA) is 58.6 Å². The Kier molecular flexibility index (Phi) is 3.83. The van der Waals surface area contributed by atoms with Crippen LogP contribution in [0.5, 0.6) is 0 Å². The van der Waals surface area contributed by atoms with Crippen molar-refractivity contribution in [3.63, 3.8) is 0 Å². The predicted octanol–water partition coefficient (Wildman–Crippen LogP) is 3.41. The third-order valence-electron chi connectivity index (χ3n) is 3.06. The average Bonchev–Trinajstić information content (AvgIpc) is 2.51. The van der Waals surface area contributed by atoms with E-state index in [0.717, 1.165) is 11.1 Å². The summed E-state index contributed by atoms with van der Waals surface area (Å²) in [6.07, 6.45) is 1.76. The van der Waals surface area contributed by atoms with Crippen LogP contribution in [-0.4, -0.2) is 15.0 Å². The predicted molar refractivity (Wildman–Crippen MR) is 91.0 cm³/mol. The van der Waals surface area contributed by atoms with Crippen LogP contribution < -0.4 is 5.56 Å². The molecule has 0 aliphatic carbocycles. The number of aromatic amines is 1. The summed E-state index contributed by atoms with van der Waals surface area (Å²) < 4.78 is 0.578. The van der Waals surface area contributed by atoms with Gasteiger partial charge in [0.2, 0.25) is 0 Å². The first-order chi connectivity index (χ1) is 10.1. The van der Waals surface area contributed by atoms with Crippen LogP contribution in [0.3, 0.4) is 0 Å². The van der Waals surface area contributed by atoms with Gasteiger partial charge in [-0.15, -0.1) is 0 Å². The number of nitrogens with zero attached hydrogens (tertiary/aromatic N) is 2. The maximum absolute atomic E-state index is 12.1. The minimum atomic E-state index is -0.151. The number of hydrogen-bond acceptors (Lipinski definition) is 3. The van der Waals surface area contributed by atoms with Gasteiger partial charge in [-0.1, -0.05) is 36.4 Å². The summed E-state index contributed by atoms with van der Waals surface area (Å²) in [6, 6.07) is 13.5. The van der Waals surface area contributed by atoms with Crippen LogP contribution in [-0.2, 0) is 0 Å². The zero-order valence-corrected chi connectivity index (χ0v) is 13.5. The molecule has 0 fully saturated rings. The van der Waals surface area contributed by atoms with Gasteiger partial charge < -0.3 is 4.98 Å². The first kappa shape index (κ1) is 13.9. The van der Waals surface area contributed by atoms with Gasteiger partial charge in [-0.05, 0) is 41.1 Å². The van der Waals surface area contributed by atoms with Gasteiger partial charge >= 0.3 is 0 Å². The van der Waals surface area contributed by atoms with Crippen LogP contribution in [0.4, 0.5) is 0 Å². The molecule has 3 aromatic rings. The largest absolute Gasteiger partial charge is 0.304 e. The molecule has 0 aliphatic heterocycles. The Hall–Kier alpha value is -2.02. The van der Waals surface area contributed by atoms with Crippen molar-refractivity contribution in [2.75, 3.05) is 0 Å². The van der Waals surface area contributed by atoms with Crippen LogP contribution in [0.15, 0.2) is 53.5 Å². The molecule has 0 amide bonds. The molecule has 2 heterocycles. The van der Waals surface area contributed by atoms with E-state index in [1.54, 1.807) is 6.20 Å². The highest BCUT2D eigenvalue weighted by Gasteiger charge is 2.12. The summed E-state index contributed by atoms with van der Waals surface area (Å²) in [5, 5.41) is 0. The molecule has 0 saturated carbocycles. The number of benzene rings is 1. The van der Waals surface area contributed by atoms with E-state index in [9.17, 15) is 4.79 Å². The lowest BCUT2D eigenvalue weighted by atomic mass is 10.1. The summed E-state index contributed by atoms with van der Waals surface area (Å²) >= 11 is 2.02. The zero-order valence-electron chi connectivity index (χ0n) is 11.3. The number of halogens is 1. The summed E-state index contributed by atoms with van der Waals surface area (Å²) in [5.41, 5.74) is 3.17. The fourth-order valence-electron chi connectivity index (χ4n) is 1.98.